The molecule has 1 amide bonds. The number of hydrogen-bond donors (Lipinski definition) is 2. The number of carbonyl (C=O) groups is 1. The number of hydrogen-bond acceptors (Lipinski definition) is 4. The van der Waals surface area contributed by atoms with Crippen LogP contribution >= 0.6 is 11.3 Å². The van der Waals surface area contributed by atoms with Gasteiger partial charge in [-0.15, -0.1) is 11.3 Å². The van der Waals surface area contributed by atoms with Crippen molar-refractivity contribution in [2.75, 3.05) is 4.72 Å². The Morgan fingerprint density at radius 1 is 1.00 bits per heavy atom. The van der Waals surface area contributed by atoms with E-state index in [1.807, 2.05) is 36.6 Å². The zero-order chi connectivity index (χ0) is 18.6. The third kappa shape index (κ3) is 4.30. The van der Waals surface area contributed by atoms with Gasteiger partial charge in [0.2, 0.25) is 0 Å². The fourth-order valence-electron chi connectivity index (χ4n) is 2.36. The summed E-state index contributed by atoms with van der Waals surface area (Å²) >= 11 is 1.57. The lowest BCUT2D eigenvalue weighted by Gasteiger charge is -2.11. The van der Waals surface area contributed by atoms with Crippen molar-refractivity contribution in [1.82, 2.24) is 5.32 Å². The van der Waals surface area contributed by atoms with E-state index in [2.05, 4.69) is 10.0 Å². The molecule has 7 heteroatoms. The van der Waals surface area contributed by atoms with Gasteiger partial charge in [0.1, 0.15) is 0 Å². The highest BCUT2D eigenvalue weighted by Crippen LogP contribution is 2.19. The van der Waals surface area contributed by atoms with Crippen LogP contribution in [0, 0.1) is 6.92 Å². The van der Waals surface area contributed by atoms with E-state index in [0.717, 1.165) is 10.4 Å². The molecule has 3 rings (SSSR count). The smallest absolute Gasteiger partial charge is 0.261 e. The van der Waals surface area contributed by atoms with Crippen LogP contribution in [0.1, 0.15) is 20.8 Å². The van der Waals surface area contributed by atoms with Gasteiger partial charge in [0.25, 0.3) is 15.9 Å². The molecule has 0 bridgehead atoms. The Balaban J connectivity index is 1.70. The summed E-state index contributed by atoms with van der Waals surface area (Å²) in [4.78, 5) is 13.3. The average Bonchev–Trinajstić information content (AvgIpc) is 3.15. The molecule has 134 valence electrons. The molecular formula is C19H18N2O3S2. The first-order chi connectivity index (χ1) is 12.5. The van der Waals surface area contributed by atoms with Gasteiger partial charge in [0.05, 0.1) is 17.1 Å². The number of rotatable bonds is 6. The maximum Gasteiger partial charge on any atom is 0.261 e. The number of amides is 1. The molecule has 1 aromatic heterocycles. The van der Waals surface area contributed by atoms with Gasteiger partial charge in [0, 0.05) is 10.4 Å². The number of carbonyl (C=O) groups excluding carboxylic acids is 1. The molecular weight excluding hydrogens is 368 g/mol. The quantitative estimate of drug-likeness (QED) is 0.677. The van der Waals surface area contributed by atoms with E-state index in [1.54, 1.807) is 23.5 Å². The van der Waals surface area contributed by atoms with Crippen molar-refractivity contribution in [3.63, 3.8) is 0 Å². The lowest BCUT2D eigenvalue weighted by atomic mass is 10.2. The van der Waals surface area contributed by atoms with Gasteiger partial charge in [-0.1, -0.05) is 24.3 Å². The van der Waals surface area contributed by atoms with E-state index in [4.69, 9.17) is 0 Å². The lowest BCUT2D eigenvalue weighted by molar-refractivity contribution is 0.0951. The number of anilines is 1. The van der Waals surface area contributed by atoms with E-state index < -0.39 is 10.0 Å². The number of benzene rings is 2. The van der Waals surface area contributed by atoms with Crippen molar-refractivity contribution in [2.45, 2.75) is 18.4 Å². The van der Waals surface area contributed by atoms with E-state index in [1.165, 1.54) is 24.3 Å². The zero-order valence-electron chi connectivity index (χ0n) is 14.1. The molecule has 0 saturated carbocycles. The fraction of sp³-hybridized carbons (Fsp3) is 0.105. The Morgan fingerprint density at radius 2 is 1.73 bits per heavy atom. The first-order valence-corrected chi connectivity index (χ1v) is 10.3. The highest BCUT2D eigenvalue weighted by Gasteiger charge is 2.16. The first kappa shape index (κ1) is 18.2. The predicted molar refractivity (Wildman–Crippen MR) is 104 cm³/mol. The summed E-state index contributed by atoms with van der Waals surface area (Å²) < 4.78 is 27.6. The second-order valence-corrected chi connectivity index (χ2v) is 8.42. The molecule has 0 radical (unpaired) electrons. The predicted octanol–water partition coefficient (Wildman–Crippen LogP) is 3.79. The molecule has 26 heavy (non-hydrogen) atoms. The maximum atomic E-state index is 12.5. The first-order valence-electron chi connectivity index (χ1n) is 7.95. The van der Waals surface area contributed by atoms with Crippen LogP contribution in [0.25, 0.3) is 0 Å². The van der Waals surface area contributed by atoms with Crippen LogP contribution < -0.4 is 10.0 Å². The van der Waals surface area contributed by atoms with Gasteiger partial charge < -0.3 is 5.32 Å². The molecule has 0 spiro atoms. The second kappa shape index (κ2) is 7.72. The molecule has 2 N–H and O–H groups in total. The number of nitrogens with one attached hydrogen (secondary N) is 2. The van der Waals surface area contributed by atoms with Crippen LogP contribution in [0.15, 0.2) is 70.9 Å². The lowest BCUT2D eigenvalue weighted by Crippen LogP contribution is -2.22. The molecule has 0 aliphatic rings. The third-order valence-electron chi connectivity index (χ3n) is 3.82. The number of sulfonamides is 1. The summed E-state index contributed by atoms with van der Waals surface area (Å²) in [6, 6.07) is 16.9. The number of thiophene rings is 1. The number of para-hydroxylation sites is 1. The molecule has 3 aromatic rings. The third-order valence-corrected chi connectivity index (χ3v) is 6.08. The molecule has 5 nitrogen and oxygen atoms in total. The van der Waals surface area contributed by atoms with Crippen molar-refractivity contribution in [1.29, 1.82) is 0 Å². The maximum absolute atomic E-state index is 12.5. The summed E-state index contributed by atoms with van der Waals surface area (Å²) in [6.45, 7) is 2.28. The highest BCUT2D eigenvalue weighted by atomic mass is 32.2. The molecule has 0 saturated heterocycles. The fourth-order valence-corrected chi connectivity index (χ4v) is 4.13. The molecule has 0 aliphatic heterocycles. The van der Waals surface area contributed by atoms with Gasteiger partial charge in [-0.2, -0.15) is 0 Å². The standard InChI is InChI=1S/C19H18N2O3S2/c1-14-5-2-3-7-18(14)21-26(23,24)17-10-8-15(9-11-17)19(22)20-13-16-6-4-12-25-16/h2-12,21H,13H2,1H3,(H,20,22). The van der Waals surface area contributed by atoms with Crippen molar-refractivity contribution < 1.29 is 13.2 Å². The summed E-state index contributed by atoms with van der Waals surface area (Å²) in [5.74, 6) is -0.241. The summed E-state index contributed by atoms with van der Waals surface area (Å²) in [6.07, 6.45) is 0. The van der Waals surface area contributed by atoms with Crippen molar-refractivity contribution >= 4 is 33.0 Å². The van der Waals surface area contributed by atoms with Crippen molar-refractivity contribution in [3.05, 3.63) is 82.0 Å². The minimum Gasteiger partial charge on any atom is -0.347 e. The summed E-state index contributed by atoms with van der Waals surface area (Å²) in [7, 11) is -3.71. The highest BCUT2D eigenvalue weighted by molar-refractivity contribution is 7.92. The Morgan fingerprint density at radius 3 is 2.38 bits per heavy atom. The van der Waals surface area contributed by atoms with Gasteiger partial charge in [0.15, 0.2) is 0 Å². The monoisotopic (exact) mass is 386 g/mol. The van der Waals surface area contributed by atoms with E-state index in [-0.39, 0.29) is 10.8 Å². The normalized spacial score (nSPS) is 11.1. The van der Waals surface area contributed by atoms with Gasteiger partial charge in [-0.05, 0) is 54.3 Å². The van der Waals surface area contributed by atoms with Crippen LogP contribution in [-0.2, 0) is 16.6 Å². The molecule has 0 fully saturated rings. The largest absolute Gasteiger partial charge is 0.347 e. The minimum atomic E-state index is -3.71. The van der Waals surface area contributed by atoms with Gasteiger partial charge in [-0.3, -0.25) is 9.52 Å². The van der Waals surface area contributed by atoms with Crippen LogP contribution in [0.4, 0.5) is 5.69 Å². The minimum absolute atomic E-state index is 0.107. The van der Waals surface area contributed by atoms with Crippen molar-refractivity contribution in [2.24, 2.45) is 0 Å². The summed E-state index contributed by atoms with van der Waals surface area (Å²) in [5.41, 5.74) is 1.78. The van der Waals surface area contributed by atoms with E-state index in [0.29, 0.717) is 17.8 Å². The zero-order valence-corrected chi connectivity index (χ0v) is 15.7. The molecule has 0 aliphatic carbocycles. The van der Waals surface area contributed by atoms with Crippen LogP contribution in [0.5, 0.6) is 0 Å². The van der Waals surface area contributed by atoms with Crippen LogP contribution in [0.3, 0.4) is 0 Å². The van der Waals surface area contributed by atoms with Crippen LogP contribution in [0.2, 0.25) is 0 Å². The Kier molecular flexibility index (Phi) is 5.39. The molecule has 1 heterocycles. The van der Waals surface area contributed by atoms with Gasteiger partial charge >= 0.3 is 0 Å². The average molecular weight is 386 g/mol. The topological polar surface area (TPSA) is 75.3 Å². The Labute approximate surface area is 156 Å². The van der Waals surface area contributed by atoms with Gasteiger partial charge in [-0.25, -0.2) is 8.42 Å². The summed E-state index contributed by atoms with van der Waals surface area (Å²) in [5, 5.41) is 4.76. The van der Waals surface area contributed by atoms with E-state index >= 15 is 0 Å². The van der Waals surface area contributed by atoms with Crippen molar-refractivity contribution in [3.8, 4) is 0 Å². The molecule has 0 atom stereocenters. The van der Waals surface area contributed by atoms with Crippen LogP contribution in [-0.4, -0.2) is 14.3 Å². The second-order valence-electron chi connectivity index (χ2n) is 5.71. The van der Waals surface area contributed by atoms with E-state index in [9.17, 15) is 13.2 Å². The molecule has 0 unspecified atom stereocenters. The SMILES string of the molecule is Cc1ccccc1NS(=O)(=O)c1ccc(C(=O)NCc2cccs2)cc1. The Bertz CT molecular complexity index is 996. The molecule has 2 aromatic carbocycles. The number of aryl methyl sites for hydroxylation is 1. The Hall–Kier alpha value is -2.64.